The average Bonchev–Trinajstić information content (AvgIpc) is 2.18. The van der Waals surface area contributed by atoms with Gasteiger partial charge in [-0.1, -0.05) is 26.0 Å². The van der Waals surface area contributed by atoms with E-state index in [9.17, 15) is 4.79 Å². The molecule has 0 aliphatic rings. The minimum atomic E-state index is 0. The highest BCUT2D eigenvalue weighted by Crippen LogP contribution is 2.17. The van der Waals surface area contributed by atoms with Gasteiger partial charge in [0.05, 0.1) is 11.4 Å². The molecule has 0 saturated carbocycles. The van der Waals surface area contributed by atoms with Gasteiger partial charge in [-0.3, -0.25) is 4.79 Å². The topological polar surface area (TPSA) is 55.1 Å². The molecule has 0 spiro atoms. The van der Waals surface area contributed by atoms with Crippen LogP contribution in [0.25, 0.3) is 0 Å². The maximum absolute atomic E-state index is 11.5. The molecule has 0 radical (unpaired) electrons. The number of anilines is 2. The molecule has 0 atom stereocenters. The van der Waals surface area contributed by atoms with Crippen molar-refractivity contribution in [2.24, 2.45) is 5.92 Å². The number of rotatable bonds is 4. The molecule has 1 aromatic rings. The summed E-state index contributed by atoms with van der Waals surface area (Å²) < 4.78 is 0. The molecular formula is C12H19ClN2O. The number of hydrogen-bond acceptors (Lipinski definition) is 2. The summed E-state index contributed by atoms with van der Waals surface area (Å²) in [6.07, 6.45) is 1.45. The molecule has 3 nitrogen and oxygen atoms in total. The van der Waals surface area contributed by atoms with Crippen LogP contribution < -0.4 is 11.1 Å². The van der Waals surface area contributed by atoms with Crippen molar-refractivity contribution in [3.8, 4) is 0 Å². The monoisotopic (exact) mass is 242 g/mol. The Balaban J connectivity index is 0.00000225. The largest absolute Gasteiger partial charge is 0.397 e. The van der Waals surface area contributed by atoms with Crippen LogP contribution in [0.15, 0.2) is 24.3 Å². The number of hydrogen-bond donors (Lipinski definition) is 2. The molecule has 0 aliphatic carbocycles. The first-order valence-corrected chi connectivity index (χ1v) is 5.24. The second-order valence-corrected chi connectivity index (χ2v) is 4.07. The average molecular weight is 243 g/mol. The molecule has 1 rings (SSSR count). The Bertz CT molecular complexity index is 340. The lowest BCUT2D eigenvalue weighted by Crippen LogP contribution is -2.13. The van der Waals surface area contributed by atoms with Crippen molar-refractivity contribution < 1.29 is 4.79 Å². The molecule has 1 aromatic carbocycles. The third kappa shape index (κ3) is 5.03. The quantitative estimate of drug-likeness (QED) is 0.798. The standard InChI is InChI=1S/C12H18N2O.ClH/c1-9(2)7-8-12(15)14-11-6-4-3-5-10(11)13;/h3-6,9H,7-8,13H2,1-2H3,(H,14,15);1H. The zero-order valence-electron chi connectivity index (χ0n) is 9.69. The third-order valence-corrected chi connectivity index (χ3v) is 2.18. The van der Waals surface area contributed by atoms with Gasteiger partial charge < -0.3 is 11.1 Å². The molecule has 1 amide bonds. The van der Waals surface area contributed by atoms with E-state index < -0.39 is 0 Å². The van der Waals surface area contributed by atoms with E-state index in [1.807, 2.05) is 18.2 Å². The van der Waals surface area contributed by atoms with Gasteiger partial charge in [-0.15, -0.1) is 12.4 Å². The summed E-state index contributed by atoms with van der Waals surface area (Å²) in [7, 11) is 0. The number of benzene rings is 1. The van der Waals surface area contributed by atoms with Gasteiger partial charge in [0, 0.05) is 6.42 Å². The predicted octanol–water partition coefficient (Wildman–Crippen LogP) is 3.07. The van der Waals surface area contributed by atoms with Crippen molar-refractivity contribution in [1.29, 1.82) is 0 Å². The van der Waals surface area contributed by atoms with Crippen molar-refractivity contribution in [2.75, 3.05) is 11.1 Å². The first-order valence-electron chi connectivity index (χ1n) is 5.24. The zero-order chi connectivity index (χ0) is 11.3. The van der Waals surface area contributed by atoms with Gasteiger partial charge >= 0.3 is 0 Å². The Morgan fingerprint density at radius 2 is 2.00 bits per heavy atom. The van der Waals surface area contributed by atoms with E-state index in [0.717, 1.165) is 6.42 Å². The van der Waals surface area contributed by atoms with Crippen molar-refractivity contribution in [2.45, 2.75) is 26.7 Å². The molecule has 0 heterocycles. The van der Waals surface area contributed by atoms with Gasteiger partial charge in [0.15, 0.2) is 0 Å². The Morgan fingerprint density at radius 1 is 1.38 bits per heavy atom. The summed E-state index contributed by atoms with van der Waals surface area (Å²) in [6.45, 7) is 4.20. The van der Waals surface area contributed by atoms with Crippen LogP contribution in [0.3, 0.4) is 0 Å². The van der Waals surface area contributed by atoms with Gasteiger partial charge in [0.1, 0.15) is 0 Å². The first-order chi connectivity index (χ1) is 7.09. The molecule has 16 heavy (non-hydrogen) atoms. The number of nitrogens with two attached hydrogens (primary N) is 1. The molecule has 4 heteroatoms. The van der Waals surface area contributed by atoms with Crippen LogP contribution in [0.1, 0.15) is 26.7 Å². The highest BCUT2D eigenvalue weighted by atomic mass is 35.5. The minimum absolute atomic E-state index is 0. The summed E-state index contributed by atoms with van der Waals surface area (Å²) in [5, 5.41) is 2.80. The summed E-state index contributed by atoms with van der Waals surface area (Å²) in [5.41, 5.74) is 7.02. The number of para-hydroxylation sites is 2. The smallest absolute Gasteiger partial charge is 0.224 e. The van der Waals surface area contributed by atoms with Gasteiger partial charge in [-0.05, 0) is 24.5 Å². The third-order valence-electron chi connectivity index (χ3n) is 2.18. The second kappa shape index (κ2) is 7.12. The van der Waals surface area contributed by atoms with E-state index in [0.29, 0.717) is 23.7 Å². The Morgan fingerprint density at radius 3 is 2.56 bits per heavy atom. The van der Waals surface area contributed by atoms with Crippen LogP contribution in [0, 0.1) is 5.92 Å². The van der Waals surface area contributed by atoms with Crippen LogP contribution in [0.4, 0.5) is 11.4 Å². The second-order valence-electron chi connectivity index (χ2n) is 4.07. The van der Waals surface area contributed by atoms with E-state index >= 15 is 0 Å². The van der Waals surface area contributed by atoms with Crippen molar-refractivity contribution in [3.05, 3.63) is 24.3 Å². The predicted molar refractivity (Wildman–Crippen MR) is 70.8 cm³/mol. The number of nitrogen functional groups attached to an aromatic ring is 1. The molecule has 90 valence electrons. The number of carbonyl (C=O) groups is 1. The normalized spacial score (nSPS) is 9.69. The maximum atomic E-state index is 11.5. The summed E-state index contributed by atoms with van der Waals surface area (Å²) in [5.74, 6) is 0.575. The maximum Gasteiger partial charge on any atom is 0.224 e. The van der Waals surface area contributed by atoms with E-state index in [-0.39, 0.29) is 18.3 Å². The Kier molecular flexibility index (Phi) is 6.58. The summed E-state index contributed by atoms with van der Waals surface area (Å²) in [4.78, 5) is 11.5. The van der Waals surface area contributed by atoms with Crippen molar-refractivity contribution >= 4 is 29.7 Å². The summed E-state index contributed by atoms with van der Waals surface area (Å²) >= 11 is 0. The fourth-order valence-corrected chi connectivity index (χ4v) is 1.24. The highest BCUT2D eigenvalue weighted by Gasteiger charge is 2.05. The van der Waals surface area contributed by atoms with Crippen LogP contribution in [0.2, 0.25) is 0 Å². The minimum Gasteiger partial charge on any atom is -0.397 e. The number of carbonyl (C=O) groups excluding carboxylic acids is 1. The molecule has 0 saturated heterocycles. The lowest BCUT2D eigenvalue weighted by molar-refractivity contribution is -0.116. The van der Waals surface area contributed by atoms with E-state index in [2.05, 4.69) is 19.2 Å². The fraction of sp³-hybridized carbons (Fsp3) is 0.417. The number of nitrogens with one attached hydrogen (secondary N) is 1. The van der Waals surface area contributed by atoms with E-state index in [1.54, 1.807) is 6.07 Å². The van der Waals surface area contributed by atoms with Crippen molar-refractivity contribution in [1.82, 2.24) is 0 Å². The molecule has 0 unspecified atom stereocenters. The van der Waals surface area contributed by atoms with Crippen LogP contribution in [0.5, 0.6) is 0 Å². The van der Waals surface area contributed by atoms with Crippen LogP contribution >= 0.6 is 12.4 Å². The SMILES string of the molecule is CC(C)CCC(=O)Nc1ccccc1N.Cl. The van der Waals surface area contributed by atoms with E-state index in [4.69, 9.17) is 5.73 Å². The molecule has 0 bridgehead atoms. The fourth-order valence-electron chi connectivity index (χ4n) is 1.24. The van der Waals surface area contributed by atoms with Crippen LogP contribution in [-0.4, -0.2) is 5.91 Å². The summed E-state index contributed by atoms with van der Waals surface area (Å²) in [6, 6.07) is 7.29. The first kappa shape index (κ1) is 14.8. The van der Waals surface area contributed by atoms with Crippen LogP contribution in [-0.2, 0) is 4.79 Å². The zero-order valence-corrected chi connectivity index (χ0v) is 10.5. The van der Waals surface area contributed by atoms with Gasteiger partial charge in [0.2, 0.25) is 5.91 Å². The molecular weight excluding hydrogens is 224 g/mol. The van der Waals surface area contributed by atoms with E-state index in [1.165, 1.54) is 0 Å². The lowest BCUT2D eigenvalue weighted by atomic mass is 10.1. The Labute approximate surface area is 103 Å². The molecule has 0 aliphatic heterocycles. The molecule has 0 aromatic heterocycles. The van der Waals surface area contributed by atoms with Crippen molar-refractivity contribution in [3.63, 3.8) is 0 Å². The van der Waals surface area contributed by atoms with Gasteiger partial charge in [0.25, 0.3) is 0 Å². The Hall–Kier alpha value is -1.22. The molecule has 0 fully saturated rings. The van der Waals surface area contributed by atoms with Gasteiger partial charge in [-0.25, -0.2) is 0 Å². The highest BCUT2D eigenvalue weighted by molar-refractivity contribution is 5.93. The molecule has 3 N–H and O–H groups in total. The number of halogens is 1. The lowest BCUT2D eigenvalue weighted by Gasteiger charge is -2.08. The number of amides is 1. The van der Waals surface area contributed by atoms with Gasteiger partial charge in [-0.2, -0.15) is 0 Å².